The highest BCUT2D eigenvalue weighted by Crippen LogP contribution is 2.22. The summed E-state index contributed by atoms with van der Waals surface area (Å²) in [5.74, 6) is -1.30. The van der Waals surface area contributed by atoms with E-state index in [1.807, 2.05) is 12.1 Å². The van der Waals surface area contributed by atoms with E-state index in [1.165, 1.54) is 6.92 Å². The molecule has 1 atom stereocenters. The van der Waals surface area contributed by atoms with Crippen molar-refractivity contribution in [2.24, 2.45) is 0 Å². The van der Waals surface area contributed by atoms with Crippen LogP contribution in [-0.2, 0) is 19.7 Å². The molecule has 1 aromatic carbocycles. The van der Waals surface area contributed by atoms with Gasteiger partial charge in [-0.2, -0.15) is 0 Å². The quantitative estimate of drug-likeness (QED) is 0.771. The van der Waals surface area contributed by atoms with E-state index < -0.39 is 12.1 Å². The number of nitrogens with one attached hydrogen (secondary N) is 2. The van der Waals surface area contributed by atoms with Gasteiger partial charge in [0.15, 0.2) is 6.10 Å². The number of benzene rings is 1. The largest absolute Gasteiger partial charge is 0.451 e. The highest BCUT2D eigenvalue weighted by molar-refractivity contribution is 5.96. The number of amides is 2. The van der Waals surface area contributed by atoms with Crippen molar-refractivity contribution < 1.29 is 19.1 Å². The van der Waals surface area contributed by atoms with E-state index in [4.69, 9.17) is 4.74 Å². The maximum Gasteiger partial charge on any atom is 0.326 e. The number of hydrogen-bond donors (Lipinski definition) is 2. The van der Waals surface area contributed by atoms with Gasteiger partial charge in [0.05, 0.1) is 0 Å². The highest BCUT2D eigenvalue weighted by Gasteiger charge is 2.27. The van der Waals surface area contributed by atoms with Crippen LogP contribution in [0.25, 0.3) is 0 Å². The first-order valence-electron chi connectivity index (χ1n) is 8.55. The van der Waals surface area contributed by atoms with Gasteiger partial charge in [0, 0.05) is 11.6 Å². The average Bonchev–Trinajstić information content (AvgIpc) is 3.35. The molecule has 0 heterocycles. The van der Waals surface area contributed by atoms with E-state index in [9.17, 15) is 14.4 Å². The van der Waals surface area contributed by atoms with Gasteiger partial charge in [0.1, 0.15) is 6.54 Å². The van der Waals surface area contributed by atoms with Gasteiger partial charge in [-0.15, -0.1) is 0 Å². The Kier molecular flexibility index (Phi) is 5.82. The van der Waals surface area contributed by atoms with Crippen molar-refractivity contribution in [2.45, 2.75) is 58.1 Å². The number of hydrogen-bond acceptors (Lipinski definition) is 4. The third-order valence-electron chi connectivity index (χ3n) is 4.01. The second-order valence-corrected chi connectivity index (χ2v) is 7.42. The lowest BCUT2D eigenvalue weighted by Crippen LogP contribution is -2.39. The standard InChI is InChI=1S/C19H26N2O4/c1-12(17(23)21-15-9-10-15)25-16(22)11-20-18(24)13-5-7-14(8-6-13)19(2,3)4/h5-8,12,15H,9-11H2,1-4H3,(H,20,24)(H,21,23)/t12-/m1/s1. The minimum Gasteiger partial charge on any atom is -0.451 e. The van der Waals surface area contributed by atoms with Crippen LogP contribution in [0.4, 0.5) is 0 Å². The molecule has 2 rings (SSSR count). The molecule has 25 heavy (non-hydrogen) atoms. The monoisotopic (exact) mass is 346 g/mol. The normalized spacial score (nSPS) is 15.2. The van der Waals surface area contributed by atoms with Crippen LogP contribution in [0.5, 0.6) is 0 Å². The lowest BCUT2D eigenvalue weighted by molar-refractivity contribution is -0.153. The summed E-state index contributed by atoms with van der Waals surface area (Å²) in [7, 11) is 0. The summed E-state index contributed by atoms with van der Waals surface area (Å²) < 4.78 is 5.03. The zero-order valence-electron chi connectivity index (χ0n) is 15.2. The molecule has 1 fully saturated rings. The molecular formula is C19H26N2O4. The Hall–Kier alpha value is -2.37. The molecule has 1 aromatic rings. The van der Waals surface area contributed by atoms with Crippen LogP contribution in [0.3, 0.4) is 0 Å². The summed E-state index contributed by atoms with van der Waals surface area (Å²) in [5, 5.41) is 5.27. The molecule has 1 aliphatic rings. The van der Waals surface area contributed by atoms with Gasteiger partial charge in [0.25, 0.3) is 11.8 Å². The first-order chi connectivity index (χ1) is 11.7. The van der Waals surface area contributed by atoms with Gasteiger partial charge in [-0.3, -0.25) is 14.4 Å². The molecule has 0 unspecified atom stereocenters. The summed E-state index contributed by atoms with van der Waals surface area (Å²) in [4.78, 5) is 35.6. The van der Waals surface area contributed by atoms with E-state index in [2.05, 4.69) is 31.4 Å². The zero-order chi connectivity index (χ0) is 18.6. The summed E-state index contributed by atoms with van der Waals surface area (Å²) in [6.45, 7) is 7.53. The lowest BCUT2D eigenvalue weighted by Gasteiger charge is -2.19. The van der Waals surface area contributed by atoms with Gasteiger partial charge in [0.2, 0.25) is 0 Å². The van der Waals surface area contributed by atoms with Crippen LogP contribution < -0.4 is 10.6 Å². The van der Waals surface area contributed by atoms with Gasteiger partial charge in [-0.05, 0) is 42.9 Å². The fourth-order valence-electron chi connectivity index (χ4n) is 2.21. The number of carbonyl (C=O) groups is 3. The molecular weight excluding hydrogens is 320 g/mol. The van der Waals surface area contributed by atoms with Gasteiger partial charge >= 0.3 is 5.97 Å². The van der Waals surface area contributed by atoms with Crippen molar-refractivity contribution in [1.29, 1.82) is 0 Å². The third-order valence-corrected chi connectivity index (χ3v) is 4.01. The van der Waals surface area contributed by atoms with Crippen LogP contribution in [0.15, 0.2) is 24.3 Å². The first kappa shape index (κ1) is 19.0. The number of carbonyl (C=O) groups excluding carboxylic acids is 3. The van der Waals surface area contributed by atoms with Gasteiger partial charge in [-0.1, -0.05) is 32.9 Å². The molecule has 0 bridgehead atoms. The Bertz CT molecular complexity index is 642. The topological polar surface area (TPSA) is 84.5 Å². The second-order valence-electron chi connectivity index (χ2n) is 7.42. The summed E-state index contributed by atoms with van der Waals surface area (Å²) in [6.07, 6.45) is 1.07. The van der Waals surface area contributed by atoms with E-state index in [-0.39, 0.29) is 29.8 Å². The van der Waals surface area contributed by atoms with Crippen molar-refractivity contribution in [3.05, 3.63) is 35.4 Å². The molecule has 0 spiro atoms. The van der Waals surface area contributed by atoms with Crippen molar-refractivity contribution in [2.75, 3.05) is 6.54 Å². The number of rotatable bonds is 6. The Balaban J connectivity index is 1.78. The van der Waals surface area contributed by atoms with Crippen molar-refractivity contribution in [3.63, 3.8) is 0 Å². The zero-order valence-corrected chi connectivity index (χ0v) is 15.2. The Morgan fingerprint density at radius 2 is 1.76 bits per heavy atom. The summed E-state index contributed by atoms with van der Waals surface area (Å²) >= 11 is 0. The van der Waals surface area contributed by atoms with Crippen LogP contribution in [0.2, 0.25) is 0 Å². The molecule has 0 aliphatic heterocycles. The van der Waals surface area contributed by atoms with E-state index in [0.717, 1.165) is 18.4 Å². The van der Waals surface area contributed by atoms with Gasteiger partial charge in [-0.25, -0.2) is 0 Å². The van der Waals surface area contributed by atoms with Crippen LogP contribution >= 0.6 is 0 Å². The van der Waals surface area contributed by atoms with Crippen molar-refractivity contribution in [1.82, 2.24) is 10.6 Å². The summed E-state index contributed by atoms with van der Waals surface area (Å²) in [6, 6.07) is 7.47. The highest BCUT2D eigenvalue weighted by atomic mass is 16.5. The van der Waals surface area contributed by atoms with E-state index in [1.54, 1.807) is 12.1 Å². The van der Waals surface area contributed by atoms with Crippen LogP contribution in [0.1, 0.15) is 56.5 Å². The number of esters is 1. The molecule has 0 radical (unpaired) electrons. The fourth-order valence-corrected chi connectivity index (χ4v) is 2.21. The van der Waals surface area contributed by atoms with Crippen LogP contribution in [0, 0.1) is 0 Å². The minimum absolute atomic E-state index is 0.00991. The predicted octanol–water partition coefficient (Wildman–Crippen LogP) is 1.92. The first-order valence-corrected chi connectivity index (χ1v) is 8.55. The average molecular weight is 346 g/mol. The van der Waals surface area contributed by atoms with Crippen LogP contribution in [-0.4, -0.2) is 36.5 Å². The minimum atomic E-state index is -0.865. The molecule has 6 nitrogen and oxygen atoms in total. The van der Waals surface area contributed by atoms with Gasteiger partial charge < -0.3 is 15.4 Å². The molecule has 0 saturated heterocycles. The lowest BCUT2D eigenvalue weighted by atomic mass is 9.87. The maximum absolute atomic E-state index is 12.1. The van der Waals surface area contributed by atoms with Crippen molar-refractivity contribution in [3.8, 4) is 0 Å². The van der Waals surface area contributed by atoms with E-state index >= 15 is 0 Å². The Labute approximate surface area is 148 Å². The predicted molar refractivity (Wildman–Crippen MR) is 94.2 cm³/mol. The molecule has 136 valence electrons. The maximum atomic E-state index is 12.1. The molecule has 1 aliphatic carbocycles. The molecule has 2 N–H and O–H groups in total. The smallest absolute Gasteiger partial charge is 0.326 e. The molecule has 1 saturated carbocycles. The molecule has 6 heteroatoms. The Morgan fingerprint density at radius 1 is 1.16 bits per heavy atom. The molecule has 0 aromatic heterocycles. The van der Waals surface area contributed by atoms with Crippen molar-refractivity contribution >= 4 is 17.8 Å². The third kappa shape index (κ3) is 5.89. The Morgan fingerprint density at radius 3 is 2.28 bits per heavy atom. The number of ether oxygens (including phenoxy) is 1. The molecule has 2 amide bonds. The second kappa shape index (κ2) is 7.68. The van der Waals surface area contributed by atoms with E-state index in [0.29, 0.717) is 5.56 Å². The summed E-state index contributed by atoms with van der Waals surface area (Å²) in [5.41, 5.74) is 1.61. The SMILES string of the molecule is C[C@@H](OC(=O)CNC(=O)c1ccc(C(C)(C)C)cc1)C(=O)NC1CC1. The fraction of sp³-hybridized carbons (Fsp3) is 0.526.